The summed E-state index contributed by atoms with van der Waals surface area (Å²) in [6.45, 7) is 5.21. The van der Waals surface area contributed by atoms with Crippen molar-refractivity contribution in [3.05, 3.63) is 54.7 Å². The van der Waals surface area contributed by atoms with E-state index in [2.05, 4.69) is 27.8 Å². The fourth-order valence-electron chi connectivity index (χ4n) is 4.85. The molecule has 1 amide bonds. The Balaban J connectivity index is 1.45. The number of phenols is 1. The van der Waals surface area contributed by atoms with Gasteiger partial charge in [0, 0.05) is 35.7 Å². The predicted molar refractivity (Wildman–Crippen MR) is 107 cm³/mol. The SMILES string of the molecule is C=CC(=O)N1CCC2(CCC2c2cc3cc(-c4ccccc4O)nnc3[nH]2)C1. The maximum Gasteiger partial charge on any atom is 0.245 e. The lowest BCUT2D eigenvalue weighted by Crippen LogP contribution is -2.41. The molecule has 0 radical (unpaired) electrons. The minimum Gasteiger partial charge on any atom is -0.507 e. The Kier molecular flexibility index (Phi) is 3.75. The van der Waals surface area contributed by atoms with E-state index in [1.54, 1.807) is 12.1 Å². The van der Waals surface area contributed by atoms with Gasteiger partial charge in [0.05, 0.1) is 5.69 Å². The Bertz CT molecular complexity index is 1090. The fraction of sp³-hybridized carbons (Fsp3) is 0.318. The van der Waals surface area contributed by atoms with Gasteiger partial charge in [-0.1, -0.05) is 18.7 Å². The van der Waals surface area contributed by atoms with E-state index in [0.29, 0.717) is 17.2 Å². The van der Waals surface area contributed by atoms with Gasteiger partial charge in [0.2, 0.25) is 5.91 Å². The first-order valence-corrected chi connectivity index (χ1v) is 9.66. The summed E-state index contributed by atoms with van der Waals surface area (Å²) in [5.74, 6) is 0.623. The minimum atomic E-state index is 0.0253. The zero-order valence-electron chi connectivity index (χ0n) is 15.6. The van der Waals surface area contributed by atoms with Gasteiger partial charge in [-0.3, -0.25) is 4.79 Å². The van der Waals surface area contributed by atoms with E-state index in [-0.39, 0.29) is 17.1 Å². The second-order valence-electron chi connectivity index (χ2n) is 7.94. The Morgan fingerprint density at radius 3 is 2.89 bits per heavy atom. The summed E-state index contributed by atoms with van der Waals surface area (Å²) in [5, 5.41) is 19.7. The molecule has 3 aromatic rings. The van der Waals surface area contributed by atoms with Crippen LogP contribution in [0, 0.1) is 5.41 Å². The fourth-order valence-corrected chi connectivity index (χ4v) is 4.85. The summed E-state index contributed by atoms with van der Waals surface area (Å²) >= 11 is 0. The van der Waals surface area contributed by atoms with Crippen LogP contribution in [-0.2, 0) is 4.79 Å². The van der Waals surface area contributed by atoms with Crippen molar-refractivity contribution in [2.75, 3.05) is 13.1 Å². The number of rotatable bonds is 3. The summed E-state index contributed by atoms with van der Waals surface area (Å²) in [7, 11) is 0. The second kappa shape index (κ2) is 6.19. The van der Waals surface area contributed by atoms with Crippen LogP contribution in [0.3, 0.4) is 0 Å². The normalized spacial score (nSPS) is 23.9. The standard InChI is InChI=1S/C22H22N4O2/c1-2-20(28)26-10-9-22(13-26)8-7-16(22)18-12-14-11-17(24-25-21(14)23-18)15-5-3-4-6-19(15)27/h2-6,11-12,16,27H,1,7-10,13H2,(H,23,25). The van der Waals surface area contributed by atoms with Crippen molar-refractivity contribution in [2.45, 2.75) is 25.2 Å². The molecular formula is C22H22N4O2. The summed E-state index contributed by atoms with van der Waals surface area (Å²) in [5.41, 5.74) is 3.41. The second-order valence-corrected chi connectivity index (χ2v) is 7.94. The number of carbonyl (C=O) groups excluding carboxylic acids is 1. The Morgan fingerprint density at radius 1 is 1.29 bits per heavy atom. The van der Waals surface area contributed by atoms with Crippen LogP contribution in [0.4, 0.5) is 0 Å². The van der Waals surface area contributed by atoms with Gasteiger partial charge in [-0.15, -0.1) is 10.2 Å². The zero-order valence-corrected chi connectivity index (χ0v) is 15.6. The number of amides is 1. The molecule has 2 atom stereocenters. The molecule has 0 bridgehead atoms. The monoisotopic (exact) mass is 374 g/mol. The van der Waals surface area contributed by atoms with E-state index in [1.807, 2.05) is 23.1 Å². The highest BCUT2D eigenvalue weighted by Gasteiger charge is 2.52. The summed E-state index contributed by atoms with van der Waals surface area (Å²) in [6.07, 6.45) is 4.69. The highest BCUT2D eigenvalue weighted by molar-refractivity contribution is 5.87. The number of aromatic nitrogens is 3. The molecule has 1 aliphatic carbocycles. The lowest BCUT2D eigenvalue weighted by molar-refractivity contribution is -0.125. The number of hydrogen-bond donors (Lipinski definition) is 2. The van der Waals surface area contributed by atoms with E-state index in [0.717, 1.165) is 49.1 Å². The van der Waals surface area contributed by atoms with Crippen LogP contribution in [0.1, 0.15) is 30.9 Å². The number of likely N-dealkylation sites (tertiary alicyclic amines) is 1. The van der Waals surface area contributed by atoms with E-state index in [4.69, 9.17) is 0 Å². The lowest BCUT2D eigenvalue weighted by Gasteiger charge is -2.46. The number of fused-ring (bicyclic) bond motifs is 1. The zero-order chi connectivity index (χ0) is 19.3. The van der Waals surface area contributed by atoms with Gasteiger partial charge in [-0.2, -0.15) is 0 Å². The molecule has 2 fully saturated rings. The van der Waals surface area contributed by atoms with Crippen molar-refractivity contribution < 1.29 is 9.90 Å². The number of aromatic amines is 1. The number of benzene rings is 1. The molecule has 28 heavy (non-hydrogen) atoms. The van der Waals surface area contributed by atoms with Crippen molar-refractivity contribution in [3.8, 4) is 17.0 Å². The molecule has 2 aromatic heterocycles. The Labute approximate surface area is 162 Å². The van der Waals surface area contributed by atoms with Crippen molar-refractivity contribution in [2.24, 2.45) is 5.41 Å². The molecule has 1 saturated carbocycles. The number of phenolic OH excluding ortho intramolecular Hbond substituents is 1. The predicted octanol–water partition coefficient (Wildman–Crippen LogP) is 3.61. The molecule has 1 aliphatic heterocycles. The third-order valence-electron chi connectivity index (χ3n) is 6.49. The average molecular weight is 374 g/mol. The van der Waals surface area contributed by atoms with E-state index < -0.39 is 0 Å². The van der Waals surface area contributed by atoms with Crippen molar-refractivity contribution in [3.63, 3.8) is 0 Å². The molecule has 2 aliphatic rings. The van der Waals surface area contributed by atoms with E-state index in [1.165, 1.54) is 6.08 Å². The quantitative estimate of drug-likeness (QED) is 0.686. The minimum absolute atomic E-state index is 0.0253. The highest BCUT2D eigenvalue weighted by atomic mass is 16.3. The number of para-hydroxylation sites is 1. The summed E-state index contributed by atoms with van der Waals surface area (Å²) < 4.78 is 0. The molecule has 2 N–H and O–H groups in total. The number of H-pyrrole nitrogens is 1. The Hall–Kier alpha value is -3.15. The number of carbonyl (C=O) groups is 1. The van der Waals surface area contributed by atoms with Crippen LogP contribution in [0.2, 0.25) is 0 Å². The first-order valence-electron chi connectivity index (χ1n) is 9.66. The van der Waals surface area contributed by atoms with Gasteiger partial charge in [0.25, 0.3) is 0 Å². The first-order chi connectivity index (χ1) is 13.6. The molecule has 1 saturated heterocycles. The van der Waals surface area contributed by atoms with Crippen LogP contribution in [-0.4, -0.2) is 44.2 Å². The average Bonchev–Trinajstić information content (AvgIpc) is 3.32. The number of nitrogens with zero attached hydrogens (tertiary/aromatic N) is 3. The maximum absolute atomic E-state index is 12.0. The topological polar surface area (TPSA) is 82.1 Å². The molecule has 2 unspecified atom stereocenters. The molecule has 3 heterocycles. The molecular weight excluding hydrogens is 352 g/mol. The van der Waals surface area contributed by atoms with E-state index >= 15 is 0 Å². The van der Waals surface area contributed by atoms with Crippen LogP contribution in [0.5, 0.6) is 5.75 Å². The summed E-state index contributed by atoms with van der Waals surface area (Å²) in [4.78, 5) is 17.3. The lowest BCUT2D eigenvalue weighted by atomic mass is 9.58. The molecule has 6 heteroatoms. The van der Waals surface area contributed by atoms with Crippen LogP contribution < -0.4 is 0 Å². The van der Waals surface area contributed by atoms with Crippen LogP contribution >= 0.6 is 0 Å². The molecule has 142 valence electrons. The third kappa shape index (κ3) is 2.52. The maximum atomic E-state index is 12.0. The third-order valence-corrected chi connectivity index (χ3v) is 6.49. The van der Waals surface area contributed by atoms with Crippen molar-refractivity contribution >= 4 is 16.9 Å². The van der Waals surface area contributed by atoms with Gasteiger partial charge >= 0.3 is 0 Å². The molecule has 1 spiro atoms. The van der Waals surface area contributed by atoms with Crippen molar-refractivity contribution in [1.82, 2.24) is 20.1 Å². The van der Waals surface area contributed by atoms with Gasteiger partial charge in [-0.25, -0.2) is 0 Å². The van der Waals surface area contributed by atoms with Crippen LogP contribution in [0.15, 0.2) is 49.1 Å². The summed E-state index contributed by atoms with van der Waals surface area (Å²) in [6, 6.07) is 11.3. The van der Waals surface area contributed by atoms with E-state index in [9.17, 15) is 9.90 Å². The number of nitrogens with one attached hydrogen (secondary N) is 1. The smallest absolute Gasteiger partial charge is 0.245 e. The van der Waals surface area contributed by atoms with Gasteiger partial charge in [0.1, 0.15) is 5.75 Å². The number of hydrogen-bond acceptors (Lipinski definition) is 4. The molecule has 6 nitrogen and oxygen atoms in total. The largest absolute Gasteiger partial charge is 0.507 e. The van der Waals surface area contributed by atoms with Gasteiger partial charge in [0.15, 0.2) is 5.65 Å². The highest BCUT2D eigenvalue weighted by Crippen LogP contribution is 2.57. The van der Waals surface area contributed by atoms with Gasteiger partial charge in [-0.05, 0) is 55.0 Å². The molecule has 5 rings (SSSR count). The first kappa shape index (κ1) is 17.0. The Morgan fingerprint density at radius 2 is 2.14 bits per heavy atom. The molecule has 1 aromatic carbocycles. The number of aromatic hydroxyl groups is 1. The van der Waals surface area contributed by atoms with Gasteiger partial charge < -0.3 is 15.0 Å². The van der Waals surface area contributed by atoms with Crippen molar-refractivity contribution in [1.29, 1.82) is 0 Å². The van der Waals surface area contributed by atoms with Crippen LogP contribution in [0.25, 0.3) is 22.3 Å².